The molecule has 1 atom stereocenters. The number of nitrogens with two attached hydrogens (primary N) is 1. The minimum Gasteiger partial charge on any atom is -0.324 e. The molecule has 0 amide bonds. The molecule has 0 saturated carbocycles. The molecule has 0 radical (unpaired) electrons. The van der Waals surface area contributed by atoms with Gasteiger partial charge in [0.05, 0.1) is 5.56 Å². The Bertz CT molecular complexity index is 483. The summed E-state index contributed by atoms with van der Waals surface area (Å²) < 4.78 is 38.6. The summed E-state index contributed by atoms with van der Waals surface area (Å²) in [5.41, 5.74) is 5.86. The van der Waals surface area contributed by atoms with Gasteiger partial charge in [0.2, 0.25) is 0 Å². The molecule has 0 bridgehead atoms. The molecular formula is C15H21F3N2S. The topological polar surface area (TPSA) is 29.3 Å². The van der Waals surface area contributed by atoms with Crippen molar-refractivity contribution in [3.8, 4) is 0 Å². The number of nitrogens with zero attached hydrogens (tertiary/aromatic N) is 1. The van der Waals surface area contributed by atoms with Crippen molar-refractivity contribution >= 4 is 11.8 Å². The van der Waals surface area contributed by atoms with Crippen LogP contribution >= 0.6 is 11.8 Å². The molecule has 6 heteroatoms. The van der Waals surface area contributed by atoms with Crippen LogP contribution in [0.2, 0.25) is 0 Å². The fraction of sp³-hybridized carbons (Fsp3) is 0.600. The van der Waals surface area contributed by atoms with Gasteiger partial charge in [-0.1, -0.05) is 12.1 Å². The molecular weight excluding hydrogens is 297 g/mol. The fourth-order valence-corrected chi connectivity index (χ4v) is 3.74. The van der Waals surface area contributed by atoms with E-state index in [-0.39, 0.29) is 11.6 Å². The monoisotopic (exact) mass is 318 g/mol. The maximum Gasteiger partial charge on any atom is 0.416 e. The molecule has 21 heavy (non-hydrogen) atoms. The summed E-state index contributed by atoms with van der Waals surface area (Å²) in [5, 5.41) is 0. The van der Waals surface area contributed by atoms with Crippen molar-refractivity contribution in [1.29, 1.82) is 0 Å². The van der Waals surface area contributed by atoms with Crippen LogP contribution in [0, 0.1) is 0 Å². The van der Waals surface area contributed by atoms with Gasteiger partial charge in [-0.15, -0.1) is 0 Å². The summed E-state index contributed by atoms with van der Waals surface area (Å²) in [4.78, 5) is 2.20. The van der Waals surface area contributed by atoms with E-state index < -0.39 is 11.7 Å². The van der Waals surface area contributed by atoms with E-state index in [0.717, 1.165) is 29.7 Å². The van der Waals surface area contributed by atoms with E-state index in [9.17, 15) is 13.2 Å². The molecule has 2 nitrogen and oxygen atoms in total. The standard InChI is InChI=1S/C15H21F3N2S/c1-14(2,19)10-20-6-7-21-9-13(20)11-4-3-5-12(8-11)15(16,17)18/h3-5,8,13H,6-7,9-10,19H2,1-2H3. The highest BCUT2D eigenvalue weighted by molar-refractivity contribution is 7.99. The van der Waals surface area contributed by atoms with Gasteiger partial charge in [-0.25, -0.2) is 0 Å². The smallest absolute Gasteiger partial charge is 0.324 e. The van der Waals surface area contributed by atoms with Crippen LogP contribution in [0.1, 0.15) is 31.0 Å². The predicted molar refractivity (Wildman–Crippen MR) is 81.3 cm³/mol. The number of thioether (sulfide) groups is 1. The predicted octanol–water partition coefficient (Wildman–Crippen LogP) is 3.53. The van der Waals surface area contributed by atoms with Crippen molar-refractivity contribution in [3.05, 3.63) is 35.4 Å². The Morgan fingerprint density at radius 2 is 2.05 bits per heavy atom. The second kappa shape index (κ2) is 6.18. The Balaban J connectivity index is 2.25. The van der Waals surface area contributed by atoms with Crippen LogP contribution < -0.4 is 5.73 Å². The second-order valence-corrected chi connectivity index (χ2v) is 7.32. The maximum absolute atomic E-state index is 12.9. The number of halogens is 3. The number of rotatable bonds is 3. The molecule has 118 valence electrons. The van der Waals surface area contributed by atoms with Crippen molar-refractivity contribution in [2.75, 3.05) is 24.6 Å². The highest BCUT2D eigenvalue weighted by atomic mass is 32.2. The van der Waals surface area contributed by atoms with Crippen LogP contribution in [0.25, 0.3) is 0 Å². The van der Waals surface area contributed by atoms with Gasteiger partial charge >= 0.3 is 6.18 Å². The lowest BCUT2D eigenvalue weighted by Gasteiger charge is -2.39. The Hall–Kier alpha value is -0.720. The third-order valence-electron chi connectivity index (χ3n) is 3.45. The van der Waals surface area contributed by atoms with Gasteiger partial charge in [-0.2, -0.15) is 24.9 Å². The summed E-state index contributed by atoms with van der Waals surface area (Å²) in [6.07, 6.45) is -4.30. The molecule has 0 aliphatic carbocycles. The highest BCUT2D eigenvalue weighted by Gasteiger charge is 2.33. The molecule has 1 aromatic carbocycles. The first kappa shape index (κ1) is 16.6. The van der Waals surface area contributed by atoms with E-state index in [1.54, 1.807) is 17.8 Å². The second-order valence-electron chi connectivity index (χ2n) is 6.17. The van der Waals surface area contributed by atoms with Crippen LogP contribution in [-0.4, -0.2) is 35.0 Å². The summed E-state index contributed by atoms with van der Waals surface area (Å²) in [7, 11) is 0. The third kappa shape index (κ3) is 4.63. The Labute approximate surface area is 127 Å². The molecule has 1 fully saturated rings. The van der Waals surface area contributed by atoms with Crippen LogP contribution in [0.5, 0.6) is 0 Å². The average molecular weight is 318 g/mol. The molecule has 1 saturated heterocycles. The van der Waals surface area contributed by atoms with Crippen molar-refractivity contribution in [2.45, 2.75) is 31.6 Å². The fourth-order valence-electron chi connectivity index (χ4n) is 2.58. The lowest BCUT2D eigenvalue weighted by Crippen LogP contribution is -2.49. The summed E-state index contributed by atoms with van der Waals surface area (Å²) in [5.74, 6) is 1.79. The molecule has 0 spiro atoms. The van der Waals surface area contributed by atoms with Gasteiger partial charge in [0.1, 0.15) is 0 Å². The van der Waals surface area contributed by atoms with Crippen LogP contribution in [0.4, 0.5) is 13.2 Å². The number of benzene rings is 1. The summed E-state index contributed by atoms with van der Waals surface area (Å²) in [6.45, 7) is 5.41. The highest BCUT2D eigenvalue weighted by Crippen LogP contribution is 2.34. The van der Waals surface area contributed by atoms with E-state index in [1.807, 2.05) is 13.8 Å². The molecule has 1 aliphatic rings. The Morgan fingerprint density at radius 3 is 2.67 bits per heavy atom. The molecule has 2 N–H and O–H groups in total. The Kier molecular flexibility index (Phi) is 4.90. The van der Waals surface area contributed by atoms with Crippen molar-refractivity contribution in [2.24, 2.45) is 5.73 Å². The minimum absolute atomic E-state index is 0.00567. The third-order valence-corrected chi connectivity index (χ3v) is 4.47. The summed E-state index contributed by atoms with van der Waals surface area (Å²) in [6, 6.07) is 5.66. The SMILES string of the molecule is CC(C)(N)CN1CCSCC1c1cccc(C(F)(F)F)c1. The first-order chi connectivity index (χ1) is 9.67. The largest absolute Gasteiger partial charge is 0.416 e. The van der Waals surface area contributed by atoms with Crippen molar-refractivity contribution in [1.82, 2.24) is 4.90 Å². The normalized spacial score (nSPS) is 21.5. The van der Waals surface area contributed by atoms with Gasteiger partial charge in [-0.3, -0.25) is 4.90 Å². The average Bonchev–Trinajstić information content (AvgIpc) is 2.37. The van der Waals surface area contributed by atoms with Gasteiger partial charge in [0.15, 0.2) is 0 Å². The van der Waals surface area contributed by atoms with Crippen LogP contribution in [-0.2, 0) is 6.18 Å². The number of hydrogen-bond donors (Lipinski definition) is 1. The number of hydrogen-bond acceptors (Lipinski definition) is 3. The van der Waals surface area contributed by atoms with Gasteiger partial charge in [-0.05, 0) is 31.5 Å². The van der Waals surface area contributed by atoms with E-state index in [2.05, 4.69) is 4.90 Å². The lowest BCUT2D eigenvalue weighted by molar-refractivity contribution is -0.137. The summed E-state index contributed by atoms with van der Waals surface area (Å²) >= 11 is 1.78. The molecule has 1 aliphatic heterocycles. The van der Waals surface area contributed by atoms with Crippen molar-refractivity contribution < 1.29 is 13.2 Å². The van der Waals surface area contributed by atoms with Crippen LogP contribution in [0.15, 0.2) is 24.3 Å². The van der Waals surface area contributed by atoms with E-state index in [1.165, 1.54) is 12.1 Å². The lowest BCUT2D eigenvalue weighted by atomic mass is 10.00. The van der Waals surface area contributed by atoms with Gasteiger partial charge in [0.25, 0.3) is 0 Å². The molecule has 0 aromatic heterocycles. The van der Waals surface area contributed by atoms with Crippen LogP contribution in [0.3, 0.4) is 0 Å². The maximum atomic E-state index is 12.9. The molecule has 1 aromatic rings. The van der Waals surface area contributed by atoms with Gasteiger partial charge in [0, 0.05) is 36.2 Å². The first-order valence-corrected chi connectivity index (χ1v) is 8.10. The van der Waals surface area contributed by atoms with E-state index in [0.29, 0.717) is 6.54 Å². The van der Waals surface area contributed by atoms with Gasteiger partial charge < -0.3 is 5.73 Å². The Morgan fingerprint density at radius 1 is 1.33 bits per heavy atom. The zero-order chi connectivity index (χ0) is 15.7. The minimum atomic E-state index is -4.30. The zero-order valence-electron chi connectivity index (χ0n) is 12.3. The first-order valence-electron chi connectivity index (χ1n) is 6.95. The molecule has 1 unspecified atom stereocenters. The molecule has 1 heterocycles. The quantitative estimate of drug-likeness (QED) is 0.924. The van der Waals surface area contributed by atoms with E-state index in [4.69, 9.17) is 5.73 Å². The zero-order valence-corrected chi connectivity index (χ0v) is 13.1. The van der Waals surface area contributed by atoms with E-state index >= 15 is 0 Å². The molecule has 2 rings (SSSR count). The van der Waals surface area contributed by atoms with Crippen molar-refractivity contribution in [3.63, 3.8) is 0 Å². The number of alkyl halides is 3.